The largest absolute Gasteiger partial charge is 0.497 e. The predicted octanol–water partition coefficient (Wildman–Crippen LogP) is 4.16. The number of hydrogen-bond acceptors (Lipinski definition) is 3. The van der Waals surface area contributed by atoms with Crippen LogP contribution in [0.1, 0.15) is 41.1 Å². The standard InChI is InChI=1S/C23H24N2O3/c1-28-18-11-9-16(10-12-18)17-6-4-5-13-25(15-17)23(27)22(26)20-14-24-21-8-3-2-7-19(20)21/h2-3,7-12,14,17,24H,4-6,13,15H2,1H3/t17-/m0/s1. The lowest BCUT2D eigenvalue weighted by molar-refractivity contribution is -0.126. The summed E-state index contributed by atoms with van der Waals surface area (Å²) in [6.45, 7) is 1.19. The van der Waals surface area contributed by atoms with Crippen LogP contribution >= 0.6 is 0 Å². The molecule has 1 N–H and O–H groups in total. The topological polar surface area (TPSA) is 62.4 Å². The molecule has 28 heavy (non-hydrogen) atoms. The van der Waals surface area contributed by atoms with Gasteiger partial charge in [-0.05, 0) is 36.6 Å². The third-order valence-electron chi connectivity index (χ3n) is 5.57. The van der Waals surface area contributed by atoms with Gasteiger partial charge in [0, 0.05) is 36.1 Å². The lowest BCUT2D eigenvalue weighted by Crippen LogP contribution is -2.38. The second kappa shape index (κ2) is 7.89. The highest BCUT2D eigenvalue weighted by molar-refractivity contribution is 6.44. The van der Waals surface area contributed by atoms with Crippen molar-refractivity contribution < 1.29 is 14.3 Å². The molecule has 0 spiro atoms. The molecular weight excluding hydrogens is 352 g/mol. The molecule has 1 amide bonds. The van der Waals surface area contributed by atoms with Crippen molar-refractivity contribution in [3.63, 3.8) is 0 Å². The number of aromatic nitrogens is 1. The van der Waals surface area contributed by atoms with Crippen molar-refractivity contribution in [3.8, 4) is 5.75 Å². The summed E-state index contributed by atoms with van der Waals surface area (Å²) in [5.41, 5.74) is 2.50. The molecular formula is C23H24N2O3. The van der Waals surface area contributed by atoms with Gasteiger partial charge in [-0.2, -0.15) is 0 Å². The summed E-state index contributed by atoms with van der Waals surface area (Å²) in [7, 11) is 1.65. The second-order valence-electron chi connectivity index (χ2n) is 7.29. The van der Waals surface area contributed by atoms with Crippen LogP contribution in [0, 0.1) is 0 Å². The highest BCUT2D eigenvalue weighted by Crippen LogP contribution is 2.28. The first kappa shape index (κ1) is 18.3. The lowest BCUT2D eigenvalue weighted by Gasteiger charge is -2.24. The Morgan fingerprint density at radius 2 is 1.86 bits per heavy atom. The van der Waals surface area contributed by atoms with E-state index in [1.54, 1.807) is 18.2 Å². The number of rotatable bonds is 4. The quantitative estimate of drug-likeness (QED) is 0.549. The number of methoxy groups -OCH3 is 1. The van der Waals surface area contributed by atoms with E-state index in [4.69, 9.17) is 4.74 Å². The average molecular weight is 376 g/mol. The zero-order valence-electron chi connectivity index (χ0n) is 16.0. The zero-order chi connectivity index (χ0) is 19.5. The summed E-state index contributed by atoms with van der Waals surface area (Å²) < 4.78 is 5.24. The maximum Gasteiger partial charge on any atom is 0.295 e. The van der Waals surface area contributed by atoms with Gasteiger partial charge in [-0.1, -0.05) is 36.8 Å². The van der Waals surface area contributed by atoms with Crippen molar-refractivity contribution >= 4 is 22.6 Å². The monoisotopic (exact) mass is 376 g/mol. The molecule has 5 nitrogen and oxygen atoms in total. The number of fused-ring (bicyclic) bond motifs is 1. The molecule has 1 saturated heterocycles. The average Bonchev–Trinajstić information content (AvgIpc) is 3.02. The van der Waals surface area contributed by atoms with Crippen LogP contribution < -0.4 is 4.74 Å². The van der Waals surface area contributed by atoms with Crippen LogP contribution in [0.25, 0.3) is 10.9 Å². The Morgan fingerprint density at radius 1 is 1.07 bits per heavy atom. The summed E-state index contributed by atoms with van der Waals surface area (Å²) in [5, 5.41) is 0.794. The van der Waals surface area contributed by atoms with Gasteiger partial charge in [0.1, 0.15) is 5.75 Å². The number of likely N-dealkylation sites (tertiary alicyclic amines) is 1. The number of Topliss-reactive ketones (excluding diaryl/α,β-unsaturated/α-hetero) is 1. The van der Waals surface area contributed by atoms with E-state index in [0.29, 0.717) is 18.7 Å². The molecule has 2 aromatic carbocycles. The van der Waals surface area contributed by atoms with E-state index in [1.165, 1.54) is 5.56 Å². The van der Waals surface area contributed by atoms with Gasteiger partial charge >= 0.3 is 0 Å². The summed E-state index contributed by atoms with van der Waals surface area (Å²) in [5.74, 6) is 0.200. The number of H-pyrrole nitrogens is 1. The number of ketones is 1. The van der Waals surface area contributed by atoms with E-state index < -0.39 is 11.7 Å². The fraction of sp³-hybridized carbons (Fsp3) is 0.304. The first-order valence-corrected chi connectivity index (χ1v) is 9.71. The van der Waals surface area contributed by atoms with Crippen molar-refractivity contribution in [2.75, 3.05) is 20.2 Å². The molecule has 0 radical (unpaired) electrons. The number of ether oxygens (including phenoxy) is 1. The van der Waals surface area contributed by atoms with Crippen molar-refractivity contribution in [1.82, 2.24) is 9.88 Å². The Hall–Kier alpha value is -3.08. The predicted molar refractivity (Wildman–Crippen MR) is 109 cm³/mol. The third kappa shape index (κ3) is 3.52. The van der Waals surface area contributed by atoms with Gasteiger partial charge in [-0.15, -0.1) is 0 Å². The van der Waals surface area contributed by atoms with Crippen LogP contribution in [0.5, 0.6) is 5.75 Å². The minimum Gasteiger partial charge on any atom is -0.497 e. The van der Waals surface area contributed by atoms with Gasteiger partial charge in [0.25, 0.3) is 11.7 Å². The molecule has 1 aromatic heterocycles. The number of aromatic amines is 1. The lowest BCUT2D eigenvalue weighted by atomic mass is 9.94. The Balaban J connectivity index is 1.54. The number of benzene rings is 2. The summed E-state index contributed by atoms with van der Waals surface area (Å²) in [6.07, 6.45) is 4.61. The van der Waals surface area contributed by atoms with Crippen LogP contribution in [0.15, 0.2) is 54.7 Å². The Bertz CT molecular complexity index is 991. The molecule has 1 aliphatic heterocycles. The van der Waals surface area contributed by atoms with Gasteiger partial charge in [0.2, 0.25) is 0 Å². The highest BCUT2D eigenvalue weighted by atomic mass is 16.5. The van der Waals surface area contributed by atoms with Crippen molar-refractivity contribution in [3.05, 3.63) is 65.9 Å². The number of para-hydroxylation sites is 1. The maximum atomic E-state index is 13.0. The molecule has 0 unspecified atom stereocenters. The fourth-order valence-electron chi connectivity index (χ4n) is 3.99. The maximum absolute atomic E-state index is 13.0. The molecule has 0 saturated carbocycles. The van der Waals surface area contributed by atoms with E-state index in [9.17, 15) is 9.59 Å². The number of nitrogens with one attached hydrogen (secondary N) is 1. The van der Waals surface area contributed by atoms with Crippen LogP contribution in [0.3, 0.4) is 0 Å². The van der Waals surface area contributed by atoms with Gasteiger partial charge < -0.3 is 14.6 Å². The first-order chi connectivity index (χ1) is 13.7. The Morgan fingerprint density at radius 3 is 2.64 bits per heavy atom. The van der Waals surface area contributed by atoms with E-state index in [-0.39, 0.29) is 5.92 Å². The number of nitrogens with zero attached hydrogens (tertiary/aromatic N) is 1. The Labute approximate surface area is 164 Å². The Kier molecular flexibility index (Phi) is 5.15. The molecule has 144 valence electrons. The molecule has 1 fully saturated rings. The SMILES string of the molecule is COc1ccc([C@H]2CCCCN(C(=O)C(=O)c3c[nH]c4ccccc34)C2)cc1. The van der Waals surface area contributed by atoms with Gasteiger partial charge in [0.05, 0.1) is 12.7 Å². The van der Waals surface area contributed by atoms with E-state index in [2.05, 4.69) is 17.1 Å². The smallest absolute Gasteiger partial charge is 0.295 e. The minimum atomic E-state index is -0.437. The summed E-state index contributed by atoms with van der Waals surface area (Å²) in [6, 6.07) is 15.6. The number of hydrogen-bond donors (Lipinski definition) is 1. The van der Waals surface area contributed by atoms with Gasteiger partial charge in [-0.3, -0.25) is 9.59 Å². The summed E-state index contributed by atoms with van der Waals surface area (Å²) >= 11 is 0. The third-order valence-corrected chi connectivity index (χ3v) is 5.57. The summed E-state index contributed by atoms with van der Waals surface area (Å²) in [4.78, 5) is 30.8. The van der Waals surface area contributed by atoms with Crippen molar-refractivity contribution in [1.29, 1.82) is 0 Å². The second-order valence-corrected chi connectivity index (χ2v) is 7.29. The van der Waals surface area contributed by atoms with Crippen LogP contribution in [-0.4, -0.2) is 41.8 Å². The van der Waals surface area contributed by atoms with E-state index >= 15 is 0 Å². The van der Waals surface area contributed by atoms with E-state index in [1.807, 2.05) is 36.4 Å². The zero-order valence-corrected chi connectivity index (χ0v) is 16.0. The molecule has 3 aromatic rings. The van der Waals surface area contributed by atoms with Gasteiger partial charge in [0.15, 0.2) is 0 Å². The van der Waals surface area contributed by atoms with E-state index in [0.717, 1.165) is 35.9 Å². The van der Waals surface area contributed by atoms with Crippen LogP contribution in [-0.2, 0) is 4.79 Å². The number of carbonyl (C=O) groups excluding carboxylic acids is 2. The number of amides is 1. The molecule has 0 aliphatic carbocycles. The highest BCUT2D eigenvalue weighted by Gasteiger charge is 2.29. The first-order valence-electron chi connectivity index (χ1n) is 9.71. The van der Waals surface area contributed by atoms with Gasteiger partial charge in [-0.25, -0.2) is 0 Å². The molecule has 4 rings (SSSR count). The van der Waals surface area contributed by atoms with Crippen molar-refractivity contribution in [2.45, 2.75) is 25.2 Å². The molecule has 2 heterocycles. The molecule has 1 atom stereocenters. The number of carbonyl (C=O) groups is 2. The minimum absolute atomic E-state index is 0.230. The van der Waals surface area contributed by atoms with Crippen LogP contribution in [0.4, 0.5) is 0 Å². The van der Waals surface area contributed by atoms with Crippen LogP contribution in [0.2, 0.25) is 0 Å². The normalized spacial score (nSPS) is 17.3. The molecule has 1 aliphatic rings. The fourth-order valence-corrected chi connectivity index (χ4v) is 3.99. The van der Waals surface area contributed by atoms with Crippen molar-refractivity contribution in [2.24, 2.45) is 0 Å². The molecule has 0 bridgehead atoms. The molecule has 5 heteroatoms.